The smallest absolute Gasteiger partial charge is 0.160 e. The Morgan fingerprint density at radius 1 is 0.485 bits per heavy atom. The highest BCUT2D eigenvalue weighted by molar-refractivity contribution is 7.25. The highest BCUT2D eigenvalue weighted by atomic mass is 32.1. The quantitative estimate of drug-likeness (QED) is 0.174. The zero-order valence-corrected chi connectivity index (χ0v) is 36.8. The molecule has 5 heteroatoms. The second-order valence-electron chi connectivity index (χ2n) is 17.7. The predicted octanol–water partition coefficient (Wildman–Crippen LogP) is 16.8. The van der Waals surface area contributed by atoms with Gasteiger partial charge in [-0.3, -0.25) is 0 Å². The lowest BCUT2D eigenvalue weighted by molar-refractivity contribution is 0.669. The zero-order valence-electron chi connectivity index (χ0n) is 36.0. The van der Waals surface area contributed by atoms with Gasteiger partial charge in [0.2, 0.25) is 0 Å². The van der Waals surface area contributed by atoms with Crippen LogP contribution in [0, 0.1) is 5.92 Å². The van der Waals surface area contributed by atoms with Crippen molar-refractivity contribution in [2.24, 2.45) is 15.9 Å². The van der Waals surface area contributed by atoms with E-state index in [2.05, 4.69) is 212 Å². The van der Waals surface area contributed by atoms with Gasteiger partial charge in [-0.15, -0.1) is 11.3 Å². The van der Waals surface area contributed by atoms with Crippen molar-refractivity contribution in [2.75, 3.05) is 0 Å². The van der Waals surface area contributed by atoms with E-state index in [0.717, 1.165) is 89.3 Å². The van der Waals surface area contributed by atoms with Gasteiger partial charge in [-0.2, -0.15) is 0 Å². The Morgan fingerprint density at radius 2 is 1.14 bits per heavy atom. The van der Waals surface area contributed by atoms with Gasteiger partial charge in [0.25, 0.3) is 0 Å². The van der Waals surface area contributed by atoms with Crippen molar-refractivity contribution in [1.29, 1.82) is 0 Å². The first kappa shape index (κ1) is 37.3. The van der Waals surface area contributed by atoms with E-state index in [0.29, 0.717) is 5.84 Å². The number of hydrogen-bond acceptors (Lipinski definition) is 4. The average molecular weight is 862 g/mol. The maximum absolute atomic E-state index is 6.85. The molecular weight excluding hydrogens is 823 g/mol. The van der Waals surface area contributed by atoms with Crippen LogP contribution in [0.25, 0.3) is 108 Å². The zero-order chi connectivity index (χ0) is 43.5. The van der Waals surface area contributed by atoms with Gasteiger partial charge in [-0.1, -0.05) is 146 Å². The van der Waals surface area contributed by atoms with Crippen LogP contribution in [0.2, 0.25) is 0 Å². The van der Waals surface area contributed by atoms with E-state index in [4.69, 9.17) is 14.4 Å². The number of rotatable bonds is 4. The van der Waals surface area contributed by atoms with Crippen LogP contribution in [0.5, 0.6) is 0 Å². The largest absolute Gasteiger partial charge is 0.456 e. The lowest BCUT2D eigenvalue weighted by Crippen LogP contribution is -2.17. The van der Waals surface area contributed by atoms with Crippen molar-refractivity contribution in [3.05, 3.63) is 217 Å². The number of aliphatic imine (C=N–C) groups is 2. The van der Waals surface area contributed by atoms with Crippen LogP contribution in [0.3, 0.4) is 0 Å². The molecule has 0 N–H and O–H groups in total. The second-order valence-corrected chi connectivity index (χ2v) is 18.8. The van der Waals surface area contributed by atoms with Gasteiger partial charge in [0.05, 0.1) is 28.1 Å². The molecule has 1 atom stereocenters. The number of amidine groups is 1. The summed E-state index contributed by atoms with van der Waals surface area (Å²) in [6.45, 7) is 2.31. The van der Waals surface area contributed by atoms with Gasteiger partial charge >= 0.3 is 0 Å². The van der Waals surface area contributed by atoms with E-state index in [1.807, 2.05) is 11.3 Å². The van der Waals surface area contributed by atoms with E-state index >= 15 is 0 Å². The number of hydrogen-bond donors (Lipinski definition) is 0. The molecule has 4 heterocycles. The van der Waals surface area contributed by atoms with Crippen molar-refractivity contribution in [3.8, 4) is 5.69 Å². The van der Waals surface area contributed by atoms with Gasteiger partial charge in [-0.25, -0.2) is 9.98 Å². The molecule has 0 spiro atoms. The summed E-state index contributed by atoms with van der Waals surface area (Å²) in [6, 6.07) is 70.3. The van der Waals surface area contributed by atoms with Crippen LogP contribution in [-0.4, -0.2) is 16.1 Å². The summed E-state index contributed by atoms with van der Waals surface area (Å²) < 4.78 is 11.9. The van der Waals surface area contributed by atoms with Crippen LogP contribution >= 0.6 is 11.3 Å². The minimum atomic E-state index is 0.0741. The summed E-state index contributed by atoms with van der Waals surface area (Å²) in [5.74, 6) is 0.754. The molecular formula is C61H39N3OS. The van der Waals surface area contributed by atoms with Crippen molar-refractivity contribution in [3.63, 3.8) is 0 Å². The van der Waals surface area contributed by atoms with Crippen LogP contribution in [0.4, 0.5) is 0 Å². The highest BCUT2D eigenvalue weighted by Crippen LogP contribution is 2.44. The number of allylic oxidation sites excluding steroid dienone is 1. The van der Waals surface area contributed by atoms with E-state index in [-0.39, 0.29) is 5.92 Å². The first-order valence-electron chi connectivity index (χ1n) is 22.7. The molecule has 0 saturated carbocycles. The number of nitrogens with zero attached hydrogens (tertiary/aromatic N) is 3. The maximum Gasteiger partial charge on any atom is 0.160 e. The maximum atomic E-state index is 6.85. The number of fused-ring (bicyclic) bond motifs is 12. The molecule has 1 aliphatic rings. The Kier molecular flexibility index (Phi) is 8.16. The Balaban J connectivity index is 1.08. The highest BCUT2D eigenvalue weighted by Gasteiger charge is 2.26. The number of furan rings is 1. The molecule has 14 rings (SSSR count). The molecule has 0 saturated heterocycles. The van der Waals surface area contributed by atoms with Crippen LogP contribution in [0.1, 0.15) is 30.0 Å². The number of thiophene rings is 1. The molecule has 0 radical (unpaired) electrons. The third-order valence-electron chi connectivity index (χ3n) is 13.8. The molecule has 0 bridgehead atoms. The van der Waals surface area contributed by atoms with Crippen LogP contribution in [0.15, 0.2) is 215 Å². The van der Waals surface area contributed by atoms with Crippen molar-refractivity contribution in [1.82, 2.24) is 4.57 Å². The summed E-state index contributed by atoms with van der Waals surface area (Å²) in [4.78, 5) is 11.5. The molecule has 0 fully saturated rings. The fraction of sp³-hybridized carbons (Fsp3) is 0.0492. The van der Waals surface area contributed by atoms with E-state index in [9.17, 15) is 0 Å². The fourth-order valence-electron chi connectivity index (χ4n) is 10.6. The fourth-order valence-corrected chi connectivity index (χ4v) is 11.7. The molecule has 0 amide bonds. The molecule has 10 aromatic carbocycles. The Morgan fingerprint density at radius 3 is 1.95 bits per heavy atom. The third-order valence-corrected chi connectivity index (χ3v) is 14.9. The van der Waals surface area contributed by atoms with Gasteiger partial charge in [0, 0.05) is 58.8 Å². The minimum Gasteiger partial charge on any atom is -0.456 e. The van der Waals surface area contributed by atoms with E-state index in [1.54, 1.807) is 0 Å². The number of para-hydroxylation sites is 1. The first-order valence-corrected chi connectivity index (χ1v) is 23.5. The number of benzene rings is 10. The molecule has 0 aliphatic carbocycles. The topological polar surface area (TPSA) is 42.8 Å². The van der Waals surface area contributed by atoms with Gasteiger partial charge in [0.1, 0.15) is 11.2 Å². The van der Waals surface area contributed by atoms with Crippen molar-refractivity contribution < 1.29 is 4.42 Å². The Labute approximate surface area is 383 Å². The standard InChI is InChI=1S/C61H39N3OS/c1-36-22-27-50(62-61(44-24-23-37-12-2-3-13-38(37)30-44)63-60(36)43-25-26-47-46-19-9-11-21-56(46)66-57(47)35-43)59-52(28-29-54-58(59)49-32-40-15-5-7-17-42(40)34-55(49)65-54)64-51-20-10-8-18-45(51)48-31-39-14-4-6-16-41(39)33-53(48)64/h2-21,23-36H,22H2,1H3/b50-27+,62-61-,63-60+. The normalized spacial score (nSPS) is 17.2. The van der Waals surface area contributed by atoms with E-state index in [1.165, 1.54) is 47.1 Å². The second kappa shape index (κ2) is 14.4. The molecule has 1 aliphatic heterocycles. The minimum absolute atomic E-state index is 0.0741. The first-order chi connectivity index (χ1) is 32.6. The molecule has 4 nitrogen and oxygen atoms in total. The van der Waals surface area contributed by atoms with Gasteiger partial charge < -0.3 is 8.98 Å². The SMILES string of the molecule is CC1C/C=C(c2c(-n3c4ccccc4c4cc5ccccc5cc43)ccc3oc4cc5ccccc5cc4c23)/N=C(c2ccc3ccccc3c2)\N=C/1c1ccc2c(c1)sc1ccccc12. The lowest BCUT2D eigenvalue weighted by Gasteiger charge is -2.21. The average Bonchev–Trinajstić information content (AvgIpc) is 4.02. The van der Waals surface area contributed by atoms with Crippen LogP contribution in [-0.2, 0) is 0 Å². The summed E-state index contributed by atoms with van der Waals surface area (Å²) in [6.07, 6.45) is 3.10. The van der Waals surface area contributed by atoms with Gasteiger partial charge in [-0.05, 0) is 105 Å². The summed E-state index contributed by atoms with van der Waals surface area (Å²) >= 11 is 1.84. The molecule has 13 aromatic rings. The lowest BCUT2D eigenvalue weighted by atomic mass is 9.92. The Bertz CT molecular complexity index is 4290. The van der Waals surface area contributed by atoms with Crippen LogP contribution < -0.4 is 0 Å². The monoisotopic (exact) mass is 861 g/mol. The number of aromatic nitrogens is 1. The Hall–Kier alpha value is -8.12. The summed E-state index contributed by atoms with van der Waals surface area (Å²) in [5.41, 5.74) is 10.0. The molecule has 310 valence electrons. The van der Waals surface area contributed by atoms with Gasteiger partial charge in [0.15, 0.2) is 5.84 Å². The summed E-state index contributed by atoms with van der Waals surface area (Å²) in [5, 5.41) is 14.2. The molecule has 1 unspecified atom stereocenters. The molecule has 3 aromatic heterocycles. The summed E-state index contributed by atoms with van der Waals surface area (Å²) in [7, 11) is 0. The third kappa shape index (κ3) is 5.76. The van der Waals surface area contributed by atoms with Crippen molar-refractivity contribution in [2.45, 2.75) is 13.3 Å². The molecule has 66 heavy (non-hydrogen) atoms. The predicted molar refractivity (Wildman–Crippen MR) is 281 cm³/mol. The van der Waals surface area contributed by atoms with Crippen molar-refractivity contribution >= 4 is 125 Å². The van der Waals surface area contributed by atoms with E-state index < -0.39 is 0 Å².